The molecule has 2 atom stereocenters. The summed E-state index contributed by atoms with van der Waals surface area (Å²) >= 11 is 0. The van der Waals surface area contributed by atoms with Gasteiger partial charge in [-0.3, -0.25) is 4.79 Å². The first-order valence-corrected chi connectivity index (χ1v) is 11.7. The third-order valence-electron chi connectivity index (χ3n) is 7.00. The van der Waals surface area contributed by atoms with Crippen LogP contribution in [0.3, 0.4) is 0 Å². The quantitative estimate of drug-likeness (QED) is 0.510. The lowest BCUT2D eigenvalue weighted by Gasteiger charge is -2.37. The fourth-order valence-electron chi connectivity index (χ4n) is 5.06. The second-order valence-corrected chi connectivity index (χ2v) is 8.87. The molecule has 0 fully saturated rings. The minimum Gasteiger partial charge on any atom is -0.478 e. The average Bonchev–Trinajstić information content (AvgIpc) is 3.25. The van der Waals surface area contributed by atoms with E-state index in [0.717, 1.165) is 37.5 Å². The van der Waals surface area contributed by atoms with Crippen LogP contribution < -0.4 is 5.32 Å². The SMILES string of the molecule is CCC(CC)[C@H](C=O)N(Cc1ccc(C(=O)O)cc1)C(=O)C(NC)C1Cc2ccccc2C1. The first kappa shape index (κ1) is 24.6. The Morgan fingerprint density at radius 2 is 1.64 bits per heavy atom. The van der Waals surface area contributed by atoms with Crippen LogP contribution in [0.15, 0.2) is 48.5 Å². The van der Waals surface area contributed by atoms with Crippen molar-refractivity contribution in [1.29, 1.82) is 0 Å². The zero-order valence-corrected chi connectivity index (χ0v) is 19.7. The molecule has 1 aliphatic carbocycles. The van der Waals surface area contributed by atoms with Crippen LogP contribution in [-0.2, 0) is 29.0 Å². The van der Waals surface area contributed by atoms with Gasteiger partial charge in [-0.25, -0.2) is 4.79 Å². The number of aldehydes is 1. The van der Waals surface area contributed by atoms with Crippen molar-refractivity contribution in [3.63, 3.8) is 0 Å². The summed E-state index contributed by atoms with van der Waals surface area (Å²) in [5.41, 5.74) is 3.55. The number of nitrogens with one attached hydrogen (secondary N) is 1. The van der Waals surface area contributed by atoms with Gasteiger partial charge in [0, 0.05) is 6.54 Å². The van der Waals surface area contributed by atoms with Crippen LogP contribution in [0, 0.1) is 11.8 Å². The van der Waals surface area contributed by atoms with E-state index in [0.29, 0.717) is 0 Å². The zero-order chi connectivity index (χ0) is 24.0. The van der Waals surface area contributed by atoms with Gasteiger partial charge in [0.15, 0.2) is 0 Å². The number of hydrogen-bond donors (Lipinski definition) is 2. The highest BCUT2D eigenvalue weighted by Crippen LogP contribution is 2.30. The molecule has 1 unspecified atom stereocenters. The number of carbonyl (C=O) groups is 3. The van der Waals surface area contributed by atoms with Crippen LogP contribution in [-0.4, -0.2) is 47.3 Å². The summed E-state index contributed by atoms with van der Waals surface area (Å²) in [6.07, 6.45) is 4.13. The van der Waals surface area contributed by atoms with E-state index in [1.165, 1.54) is 23.3 Å². The molecule has 1 aliphatic rings. The molecule has 3 rings (SSSR count). The summed E-state index contributed by atoms with van der Waals surface area (Å²) in [6, 6.07) is 13.9. The summed E-state index contributed by atoms with van der Waals surface area (Å²) in [4.78, 5) is 39.1. The molecular weight excluding hydrogens is 416 g/mol. The van der Waals surface area contributed by atoms with Crippen LogP contribution in [0.5, 0.6) is 0 Å². The maximum atomic E-state index is 13.9. The summed E-state index contributed by atoms with van der Waals surface area (Å²) in [7, 11) is 1.80. The molecule has 0 bridgehead atoms. The molecule has 176 valence electrons. The topological polar surface area (TPSA) is 86.7 Å². The Morgan fingerprint density at radius 1 is 1.06 bits per heavy atom. The first-order chi connectivity index (χ1) is 15.9. The maximum absolute atomic E-state index is 13.9. The Bertz CT molecular complexity index is 943. The summed E-state index contributed by atoms with van der Waals surface area (Å²) in [5.74, 6) is -0.899. The van der Waals surface area contributed by atoms with Gasteiger partial charge < -0.3 is 20.1 Å². The van der Waals surface area contributed by atoms with Gasteiger partial charge in [-0.2, -0.15) is 0 Å². The summed E-state index contributed by atoms with van der Waals surface area (Å²) in [6.45, 7) is 4.34. The normalized spacial score (nSPS) is 15.2. The molecular formula is C27H34N2O4. The summed E-state index contributed by atoms with van der Waals surface area (Å²) in [5, 5.41) is 12.4. The molecule has 6 heteroatoms. The van der Waals surface area contributed by atoms with Crippen molar-refractivity contribution in [2.75, 3.05) is 7.05 Å². The van der Waals surface area contributed by atoms with Gasteiger partial charge in [0.1, 0.15) is 6.29 Å². The van der Waals surface area contributed by atoms with Crippen molar-refractivity contribution in [3.05, 3.63) is 70.8 Å². The van der Waals surface area contributed by atoms with Gasteiger partial charge in [-0.1, -0.05) is 63.1 Å². The van der Waals surface area contributed by atoms with Crippen molar-refractivity contribution < 1.29 is 19.5 Å². The molecule has 2 aromatic carbocycles. The first-order valence-electron chi connectivity index (χ1n) is 11.7. The van der Waals surface area contributed by atoms with Crippen molar-refractivity contribution in [3.8, 4) is 0 Å². The van der Waals surface area contributed by atoms with Crippen LogP contribution in [0.2, 0.25) is 0 Å². The zero-order valence-electron chi connectivity index (χ0n) is 19.7. The molecule has 33 heavy (non-hydrogen) atoms. The smallest absolute Gasteiger partial charge is 0.335 e. The van der Waals surface area contributed by atoms with Gasteiger partial charge in [0.05, 0.1) is 17.6 Å². The lowest BCUT2D eigenvalue weighted by atomic mass is 9.90. The second-order valence-electron chi connectivity index (χ2n) is 8.87. The lowest BCUT2D eigenvalue weighted by Crippen LogP contribution is -2.54. The second kappa shape index (κ2) is 11.2. The van der Waals surface area contributed by atoms with E-state index in [-0.39, 0.29) is 29.9 Å². The standard InChI is InChI=1S/C27H34N2O4/c1-4-19(5-2)24(17-30)29(16-18-10-12-20(13-11-18)27(32)33)26(31)25(28-3)23-14-21-8-6-7-9-22(21)15-23/h6-13,17,19,23-25,28H,4-5,14-16H2,1-3H3,(H,32,33)/t24-,25?/m0/s1. The number of rotatable bonds is 11. The van der Waals surface area contributed by atoms with E-state index < -0.39 is 18.1 Å². The van der Waals surface area contributed by atoms with E-state index in [2.05, 4.69) is 17.4 Å². The number of benzene rings is 2. The van der Waals surface area contributed by atoms with Gasteiger partial charge in [0.25, 0.3) is 0 Å². The van der Waals surface area contributed by atoms with Crippen LogP contribution in [0.4, 0.5) is 0 Å². The van der Waals surface area contributed by atoms with E-state index in [4.69, 9.17) is 0 Å². The van der Waals surface area contributed by atoms with Gasteiger partial charge in [0.2, 0.25) is 5.91 Å². The average molecular weight is 451 g/mol. The van der Waals surface area contributed by atoms with Crippen LogP contribution in [0.1, 0.15) is 53.7 Å². The van der Waals surface area contributed by atoms with Crippen molar-refractivity contribution in [2.24, 2.45) is 11.8 Å². The number of fused-ring (bicyclic) bond motifs is 1. The van der Waals surface area contributed by atoms with Crippen molar-refractivity contribution in [2.45, 2.75) is 58.2 Å². The number of likely N-dealkylation sites (N-methyl/N-ethyl adjacent to an activating group) is 1. The largest absolute Gasteiger partial charge is 0.478 e. The monoisotopic (exact) mass is 450 g/mol. The molecule has 0 saturated carbocycles. The molecule has 0 spiro atoms. The molecule has 2 aromatic rings. The molecule has 0 radical (unpaired) electrons. The minimum absolute atomic E-state index is 0.0584. The van der Waals surface area contributed by atoms with Crippen LogP contribution in [0.25, 0.3) is 0 Å². The molecule has 0 heterocycles. The number of carbonyl (C=O) groups excluding carboxylic acids is 2. The van der Waals surface area contributed by atoms with E-state index in [1.54, 1.807) is 24.1 Å². The predicted octanol–water partition coefficient (Wildman–Crippen LogP) is 3.72. The minimum atomic E-state index is -0.992. The number of amides is 1. The maximum Gasteiger partial charge on any atom is 0.335 e. The molecule has 0 aliphatic heterocycles. The highest BCUT2D eigenvalue weighted by atomic mass is 16.4. The molecule has 2 N–H and O–H groups in total. The number of nitrogens with zero attached hydrogens (tertiary/aromatic N) is 1. The highest BCUT2D eigenvalue weighted by Gasteiger charge is 2.38. The molecule has 1 amide bonds. The molecule has 0 saturated heterocycles. The summed E-state index contributed by atoms with van der Waals surface area (Å²) < 4.78 is 0. The fraction of sp³-hybridized carbons (Fsp3) is 0.444. The van der Waals surface area contributed by atoms with Crippen molar-refractivity contribution >= 4 is 18.2 Å². The van der Waals surface area contributed by atoms with E-state index in [9.17, 15) is 19.5 Å². The highest BCUT2D eigenvalue weighted by molar-refractivity contribution is 5.87. The third kappa shape index (κ3) is 5.50. The number of carboxylic acids is 1. The number of aromatic carboxylic acids is 1. The van der Waals surface area contributed by atoms with Gasteiger partial charge in [-0.05, 0) is 60.5 Å². The van der Waals surface area contributed by atoms with Crippen molar-refractivity contribution in [1.82, 2.24) is 10.2 Å². The lowest BCUT2D eigenvalue weighted by molar-refractivity contribution is -0.142. The molecule has 6 nitrogen and oxygen atoms in total. The third-order valence-corrected chi connectivity index (χ3v) is 7.00. The van der Waals surface area contributed by atoms with Crippen LogP contribution >= 0.6 is 0 Å². The Kier molecular flexibility index (Phi) is 8.39. The molecule has 0 aromatic heterocycles. The Hall–Kier alpha value is -2.99. The fourth-order valence-corrected chi connectivity index (χ4v) is 5.06. The number of hydrogen-bond acceptors (Lipinski definition) is 4. The van der Waals surface area contributed by atoms with Gasteiger partial charge in [-0.15, -0.1) is 0 Å². The van der Waals surface area contributed by atoms with E-state index >= 15 is 0 Å². The van der Waals surface area contributed by atoms with Gasteiger partial charge >= 0.3 is 5.97 Å². The predicted molar refractivity (Wildman–Crippen MR) is 128 cm³/mol. The Balaban J connectivity index is 1.90. The Morgan fingerprint density at radius 3 is 2.09 bits per heavy atom. The Labute approximate surface area is 196 Å². The van der Waals surface area contributed by atoms with E-state index in [1.807, 2.05) is 26.0 Å². The number of carboxylic acid groups (broad SMARTS) is 1.